The first-order valence-electron chi connectivity index (χ1n) is 5.48. The molecule has 0 aromatic carbocycles. The average Bonchev–Trinajstić information content (AvgIpc) is 2.90. The van der Waals surface area contributed by atoms with Gasteiger partial charge in [-0.1, -0.05) is 0 Å². The second-order valence-corrected chi connectivity index (χ2v) is 3.90. The monoisotopic (exact) mass is 246 g/mol. The van der Waals surface area contributed by atoms with Crippen molar-refractivity contribution in [1.82, 2.24) is 15.3 Å². The minimum atomic E-state index is -0.259. The van der Waals surface area contributed by atoms with Gasteiger partial charge < -0.3 is 14.6 Å². The number of rotatable bonds is 4. The van der Waals surface area contributed by atoms with E-state index in [1.165, 1.54) is 6.26 Å². The van der Waals surface area contributed by atoms with Crippen LogP contribution >= 0.6 is 0 Å². The summed E-state index contributed by atoms with van der Waals surface area (Å²) in [6.45, 7) is 0.336. The molecule has 1 N–H and O–H groups in total. The standard InChI is InChI=1S/C12H14N4O2/c1-16(2)12-13-6-5-9(15-12)8-14-11(17)10-4-3-7-18-10/h3-7H,8H2,1-2H3,(H,14,17). The van der Waals surface area contributed by atoms with Crippen molar-refractivity contribution in [3.05, 3.63) is 42.1 Å². The smallest absolute Gasteiger partial charge is 0.287 e. The molecule has 2 rings (SSSR count). The molecule has 2 aromatic heterocycles. The van der Waals surface area contributed by atoms with E-state index in [9.17, 15) is 4.79 Å². The number of hydrogen-bond acceptors (Lipinski definition) is 5. The van der Waals surface area contributed by atoms with Crippen molar-refractivity contribution in [2.24, 2.45) is 0 Å². The molecule has 18 heavy (non-hydrogen) atoms. The molecule has 94 valence electrons. The number of carbonyl (C=O) groups excluding carboxylic acids is 1. The maximum atomic E-state index is 11.6. The Morgan fingerprint density at radius 1 is 1.44 bits per heavy atom. The average molecular weight is 246 g/mol. The van der Waals surface area contributed by atoms with Gasteiger partial charge in [-0.3, -0.25) is 4.79 Å². The van der Waals surface area contributed by atoms with Gasteiger partial charge in [0.15, 0.2) is 5.76 Å². The fourth-order valence-electron chi connectivity index (χ4n) is 1.36. The third-order valence-electron chi connectivity index (χ3n) is 2.28. The Labute approximate surface area is 105 Å². The summed E-state index contributed by atoms with van der Waals surface area (Å²) in [7, 11) is 3.72. The van der Waals surface area contributed by atoms with Crippen LogP contribution in [0.25, 0.3) is 0 Å². The normalized spacial score (nSPS) is 10.1. The molecular formula is C12H14N4O2. The summed E-state index contributed by atoms with van der Waals surface area (Å²) in [5.41, 5.74) is 0.744. The minimum Gasteiger partial charge on any atom is -0.459 e. The first kappa shape index (κ1) is 12.1. The van der Waals surface area contributed by atoms with Crippen LogP contribution in [-0.4, -0.2) is 30.0 Å². The maximum Gasteiger partial charge on any atom is 0.287 e. The second kappa shape index (κ2) is 5.31. The summed E-state index contributed by atoms with van der Waals surface area (Å²) in [4.78, 5) is 21.8. The summed E-state index contributed by atoms with van der Waals surface area (Å²) in [5.74, 6) is 0.640. The van der Waals surface area contributed by atoms with Crippen LogP contribution in [0.3, 0.4) is 0 Å². The van der Waals surface area contributed by atoms with Crippen LogP contribution in [0.1, 0.15) is 16.2 Å². The van der Waals surface area contributed by atoms with Crippen LogP contribution in [0, 0.1) is 0 Å². The largest absolute Gasteiger partial charge is 0.459 e. The molecule has 0 fully saturated rings. The molecule has 2 aromatic rings. The lowest BCUT2D eigenvalue weighted by atomic mass is 10.3. The van der Waals surface area contributed by atoms with E-state index in [0.29, 0.717) is 12.5 Å². The third kappa shape index (κ3) is 2.85. The van der Waals surface area contributed by atoms with Gasteiger partial charge >= 0.3 is 0 Å². The van der Waals surface area contributed by atoms with E-state index in [1.54, 1.807) is 29.3 Å². The minimum absolute atomic E-state index is 0.259. The first-order valence-corrected chi connectivity index (χ1v) is 5.48. The zero-order valence-electron chi connectivity index (χ0n) is 10.3. The van der Waals surface area contributed by atoms with Crippen molar-refractivity contribution in [2.45, 2.75) is 6.54 Å². The number of aromatic nitrogens is 2. The van der Waals surface area contributed by atoms with Crippen molar-refractivity contribution in [3.63, 3.8) is 0 Å². The molecule has 1 amide bonds. The zero-order valence-corrected chi connectivity index (χ0v) is 10.3. The van der Waals surface area contributed by atoms with E-state index < -0.39 is 0 Å². The van der Waals surface area contributed by atoms with E-state index in [0.717, 1.165) is 5.69 Å². The number of nitrogens with one attached hydrogen (secondary N) is 1. The number of furan rings is 1. The molecule has 0 aliphatic carbocycles. The quantitative estimate of drug-likeness (QED) is 0.873. The zero-order chi connectivity index (χ0) is 13.0. The second-order valence-electron chi connectivity index (χ2n) is 3.90. The fraction of sp³-hybridized carbons (Fsp3) is 0.250. The summed E-state index contributed by atoms with van der Waals surface area (Å²) in [6.07, 6.45) is 3.13. The third-order valence-corrected chi connectivity index (χ3v) is 2.28. The van der Waals surface area contributed by atoms with Gasteiger partial charge in [0.2, 0.25) is 5.95 Å². The summed E-state index contributed by atoms with van der Waals surface area (Å²) in [5, 5.41) is 2.73. The van der Waals surface area contributed by atoms with Crippen molar-refractivity contribution in [2.75, 3.05) is 19.0 Å². The Bertz CT molecular complexity index is 523. The molecule has 0 aliphatic rings. The van der Waals surface area contributed by atoms with E-state index in [1.807, 2.05) is 14.1 Å². The van der Waals surface area contributed by atoms with Gasteiger partial charge in [-0.05, 0) is 18.2 Å². The van der Waals surface area contributed by atoms with E-state index >= 15 is 0 Å². The van der Waals surface area contributed by atoms with Crippen molar-refractivity contribution < 1.29 is 9.21 Å². The number of anilines is 1. The number of amides is 1. The highest BCUT2D eigenvalue weighted by atomic mass is 16.3. The maximum absolute atomic E-state index is 11.6. The number of carbonyl (C=O) groups is 1. The Morgan fingerprint density at radius 2 is 2.28 bits per heavy atom. The van der Waals surface area contributed by atoms with Crippen molar-refractivity contribution in [3.8, 4) is 0 Å². The molecular weight excluding hydrogens is 232 g/mol. The lowest BCUT2D eigenvalue weighted by Gasteiger charge is -2.10. The molecule has 0 aliphatic heterocycles. The van der Waals surface area contributed by atoms with Gasteiger partial charge in [-0.25, -0.2) is 9.97 Å². The SMILES string of the molecule is CN(C)c1nccc(CNC(=O)c2ccco2)n1. The van der Waals surface area contributed by atoms with Gasteiger partial charge in [-0.2, -0.15) is 0 Å². The van der Waals surface area contributed by atoms with Crippen LogP contribution < -0.4 is 10.2 Å². The van der Waals surface area contributed by atoms with Crippen LogP contribution in [0.2, 0.25) is 0 Å². The predicted octanol–water partition coefficient (Wildman–Crippen LogP) is 1.07. The fourth-order valence-corrected chi connectivity index (χ4v) is 1.36. The molecule has 0 saturated heterocycles. The van der Waals surface area contributed by atoms with Gasteiger partial charge in [0.25, 0.3) is 5.91 Å². The molecule has 0 bridgehead atoms. The Kier molecular flexibility index (Phi) is 3.57. The first-order chi connectivity index (χ1) is 8.66. The topological polar surface area (TPSA) is 71.3 Å². The highest BCUT2D eigenvalue weighted by Gasteiger charge is 2.08. The van der Waals surface area contributed by atoms with Gasteiger partial charge in [0.05, 0.1) is 18.5 Å². The predicted molar refractivity (Wildman–Crippen MR) is 66.2 cm³/mol. The summed E-state index contributed by atoms with van der Waals surface area (Å²) >= 11 is 0. The Morgan fingerprint density at radius 3 is 2.94 bits per heavy atom. The number of hydrogen-bond donors (Lipinski definition) is 1. The van der Waals surface area contributed by atoms with E-state index in [4.69, 9.17) is 4.42 Å². The van der Waals surface area contributed by atoms with Crippen LogP contribution in [0.15, 0.2) is 35.1 Å². The van der Waals surface area contributed by atoms with Crippen LogP contribution in [-0.2, 0) is 6.54 Å². The Balaban J connectivity index is 1.98. The molecule has 6 heteroatoms. The van der Waals surface area contributed by atoms with Gasteiger partial charge in [0.1, 0.15) is 0 Å². The molecule has 6 nitrogen and oxygen atoms in total. The number of nitrogens with zero attached hydrogens (tertiary/aromatic N) is 3. The van der Waals surface area contributed by atoms with Crippen molar-refractivity contribution >= 4 is 11.9 Å². The summed E-state index contributed by atoms with van der Waals surface area (Å²) in [6, 6.07) is 5.04. The molecule has 0 spiro atoms. The van der Waals surface area contributed by atoms with E-state index in [-0.39, 0.29) is 11.7 Å². The molecule has 0 saturated carbocycles. The van der Waals surface area contributed by atoms with Gasteiger partial charge in [0, 0.05) is 20.3 Å². The highest BCUT2D eigenvalue weighted by Crippen LogP contribution is 2.04. The lowest BCUT2D eigenvalue weighted by molar-refractivity contribution is 0.0922. The molecule has 0 unspecified atom stereocenters. The highest BCUT2D eigenvalue weighted by molar-refractivity contribution is 5.91. The van der Waals surface area contributed by atoms with Crippen LogP contribution in [0.4, 0.5) is 5.95 Å². The summed E-state index contributed by atoms with van der Waals surface area (Å²) < 4.78 is 4.99. The lowest BCUT2D eigenvalue weighted by Crippen LogP contribution is -2.23. The van der Waals surface area contributed by atoms with E-state index in [2.05, 4.69) is 15.3 Å². The van der Waals surface area contributed by atoms with Gasteiger partial charge in [-0.15, -0.1) is 0 Å². The molecule has 0 atom stereocenters. The van der Waals surface area contributed by atoms with Crippen molar-refractivity contribution in [1.29, 1.82) is 0 Å². The van der Waals surface area contributed by atoms with Crippen LogP contribution in [0.5, 0.6) is 0 Å². The Hall–Kier alpha value is -2.37. The molecule has 0 radical (unpaired) electrons. The molecule has 2 heterocycles.